The molecule has 1 N–H and O–H groups in total. The Kier molecular flexibility index (Phi) is 5.42. The number of aromatic nitrogens is 1. The number of hydrogen-bond donors (Lipinski definition) is 1. The maximum atomic E-state index is 14.1. The topological polar surface area (TPSA) is 60.5 Å². The average molecular weight is 392 g/mol. The zero-order valence-electron chi connectivity index (χ0n) is 16.0. The molecule has 1 atom stereocenters. The van der Waals surface area contributed by atoms with Crippen molar-refractivity contribution in [3.63, 3.8) is 0 Å². The molecule has 4 rings (SSSR count). The number of methoxy groups -OCH3 is 1. The fourth-order valence-corrected chi connectivity index (χ4v) is 3.59. The number of nitrogens with zero attached hydrogens (tertiary/aromatic N) is 1. The van der Waals surface area contributed by atoms with Crippen molar-refractivity contribution in [1.82, 2.24) is 4.98 Å². The first-order valence-electron chi connectivity index (χ1n) is 9.45. The number of fused-ring (bicyclic) bond motifs is 1. The second-order valence-corrected chi connectivity index (χ2v) is 6.86. The Bertz CT molecular complexity index is 1040. The molecule has 1 aliphatic rings. The van der Waals surface area contributed by atoms with Crippen LogP contribution in [-0.4, -0.2) is 31.2 Å². The van der Waals surface area contributed by atoms with Gasteiger partial charge in [-0.25, -0.2) is 9.18 Å². The Morgan fingerprint density at radius 3 is 2.97 bits per heavy atom. The smallest absolute Gasteiger partial charge is 0.340 e. The van der Waals surface area contributed by atoms with Crippen LogP contribution in [-0.2, 0) is 4.74 Å². The van der Waals surface area contributed by atoms with Gasteiger partial charge < -0.3 is 14.8 Å². The number of benzene rings is 2. The molecule has 0 aliphatic carbocycles. The monoisotopic (exact) mass is 392 g/mol. The van der Waals surface area contributed by atoms with E-state index in [9.17, 15) is 9.18 Å². The van der Waals surface area contributed by atoms with E-state index in [2.05, 4.69) is 10.3 Å². The van der Waals surface area contributed by atoms with Crippen molar-refractivity contribution in [2.75, 3.05) is 25.6 Å². The summed E-state index contributed by atoms with van der Waals surface area (Å²) >= 11 is 0. The molecule has 5 nitrogen and oxygen atoms in total. The molecule has 2 aromatic carbocycles. The van der Waals surface area contributed by atoms with Gasteiger partial charge in [-0.15, -0.1) is 0 Å². The summed E-state index contributed by atoms with van der Waals surface area (Å²) in [6, 6.07) is 14.1. The van der Waals surface area contributed by atoms with Crippen LogP contribution >= 0.6 is 0 Å². The molecule has 3 aromatic rings. The van der Waals surface area contributed by atoms with Crippen LogP contribution in [0.2, 0.25) is 0 Å². The van der Waals surface area contributed by atoms with E-state index in [1.54, 1.807) is 30.6 Å². The summed E-state index contributed by atoms with van der Waals surface area (Å²) in [6.45, 7) is 1.20. The van der Waals surface area contributed by atoms with Crippen molar-refractivity contribution in [3.05, 3.63) is 77.9 Å². The average Bonchev–Trinajstić information content (AvgIpc) is 2.77. The third kappa shape index (κ3) is 3.92. The summed E-state index contributed by atoms with van der Waals surface area (Å²) in [5.74, 6) is 0.299. The van der Waals surface area contributed by atoms with E-state index >= 15 is 0 Å². The minimum atomic E-state index is -0.406. The van der Waals surface area contributed by atoms with E-state index < -0.39 is 5.97 Å². The number of rotatable bonds is 5. The van der Waals surface area contributed by atoms with Crippen LogP contribution in [0.25, 0.3) is 11.1 Å². The van der Waals surface area contributed by atoms with Gasteiger partial charge in [0.25, 0.3) is 0 Å². The molecule has 0 unspecified atom stereocenters. The molecule has 1 aromatic heterocycles. The van der Waals surface area contributed by atoms with Gasteiger partial charge in [0.2, 0.25) is 0 Å². The number of esters is 1. The van der Waals surface area contributed by atoms with Crippen LogP contribution in [0.5, 0.6) is 5.75 Å². The van der Waals surface area contributed by atoms with Crippen LogP contribution in [0, 0.1) is 5.82 Å². The Labute approximate surface area is 168 Å². The molecular weight excluding hydrogens is 371 g/mol. The minimum Gasteiger partial charge on any atom is -0.493 e. The van der Waals surface area contributed by atoms with E-state index in [1.807, 2.05) is 24.3 Å². The van der Waals surface area contributed by atoms with Crippen molar-refractivity contribution in [3.8, 4) is 16.9 Å². The summed E-state index contributed by atoms with van der Waals surface area (Å²) < 4.78 is 24.8. The predicted molar refractivity (Wildman–Crippen MR) is 109 cm³/mol. The number of pyridine rings is 1. The number of carbonyl (C=O) groups is 1. The number of ether oxygens (including phenoxy) is 2. The summed E-state index contributed by atoms with van der Waals surface area (Å²) in [4.78, 5) is 16.0. The summed E-state index contributed by atoms with van der Waals surface area (Å²) in [5, 5.41) is 3.32. The second-order valence-electron chi connectivity index (χ2n) is 6.86. The van der Waals surface area contributed by atoms with Crippen molar-refractivity contribution in [1.29, 1.82) is 0 Å². The standard InChI is InChI=1S/C23H21FN2O3/c1-28-23(27)19-8-10-25-14-21(19)26-13-16-9-11-29-22-12-15(6-7-18(16)22)17-4-2-3-5-20(17)24/h2-8,10,12,14,16,26H,9,11,13H2,1H3/t16-/m1/s1. The van der Waals surface area contributed by atoms with Gasteiger partial charge in [0.1, 0.15) is 11.6 Å². The Morgan fingerprint density at radius 2 is 2.14 bits per heavy atom. The van der Waals surface area contributed by atoms with E-state index in [0.717, 1.165) is 23.3 Å². The largest absolute Gasteiger partial charge is 0.493 e. The fraction of sp³-hybridized carbons (Fsp3) is 0.217. The molecule has 0 radical (unpaired) electrons. The lowest BCUT2D eigenvalue weighted by Gasteiger charge is -2.27. The lowest BCUT2D eigenvalue weighted by molar-refractivity contribution is 0.0601. The molecule has 6 heteroatoms. The van der Waals surface area contributed by atoms with Crippen molar-refractivity contribution >= 4 is 11.7 Å². The van der Waals surface area contributed by atoms with Gasteiger partial charge in [-0.05, 0) is 35.7 Å². The molecule has 0 bridgehead atoms. The highest BCUT2D eigenvalue weighted by Gasteiger charge is 2.23. The van der Waals surface area contributed by atoms with Crippen LogP contribution in [0.1, 0.15) is 28.3 Å². The van der Waals surface area contributed by atoms with Gasteiger partial charge in [0.15, 0.2) is 0 Å². The minimum absolute atomic E-state index is 0.194. The van der Waals surface area contributed by atoms with Gasteiger partial charge in [0, 0.05) is 24.2 Å². The summed E-state index contributed by atoms with van der Waals surface area (Å²) in [5.41, 5.74) is 3.49. The summed E-state index contributed by atoms with van der Waals surface area (Å²) in [7, 11) is 1.36. The van der Waals surface area contributed by atoms with E-state index in [1.165, 1.54) is 13.2 Å². The molecule has 29 heavy (non-hydrogen) atoms. The number of anilines is 1. The number of halogens is 1. The Balaban J connectivity index is 1.55. The third-order valence-corrected chi connectivity index (χ3v) is 5.13. The number of carbonyl (C=O) groups excluding carboxylic acids is 1. The second kappa shape index (κ2) is 8.31. The molecule has 0 saturated carbocycles. The normalized spacial score (nSPS) is 15.2. The molecule has 0 fully saturated rings. The molecule has 2 heterocycles. The molecule has 0 spiro atoms. The third-order valence-electron chi connectivity index (χ3n) is 5.13. The fourth-order valence-electron chi connectivity index (χ4n) is 3.59. The number of hydrogen-bond acceptors (Lipinski definition) is 5. The van der Waals surface area contributed by atoms with Gasteiger partial charge in [0.05, 0.1) is 31.2 Å². The van der Waals surface area contributed by atoms with Crippen molar-refractivity contribution < 1.29 is 18.7 Å². The van der Waals surface area contributed by atoms with Gasteiger partial charge >= 0.3 is 5.97 Å². The van der Waals surface area contributed by atoms with E-state index in [0.29, 0.717) is 30.0 Å². The Hall–Kier alpha value is -3.41. The van der Waals surface area contributed by atoms with Crippen molar-refractivity contribution in [2.45, 2.75) is 12.3 Å². The van der Waals surface area contributed by atoms with E-state index in [-0.39, 0.29) is 11.7 Å². The predicted octanol–water partition coefficient (Wildman–Crippen LogP) is 4.65. The van der Waals surface area contributed by atoms with Gasteiger partial charge in [-0.3, -0.25) is 4.98 Å². The van der Waals surface area contributed by atoms with Crippen LogP contribution in [0.3, 0.4) is 0 Å². The zero-order chi connectivity index (χ0) is 20.2. The molecular formula is C23H21FN2O3. The lowest BCUT2D eigenvalue weighted by atomic mass is 9.91. The first-order chi connectivity index (χ1) is 14.2. The first kappa shape index (κ1) is 18.9. The highest BCUT2D eigenvalue weighted by molar-refractivity contribution is 5.95. The quantitative estimate of drug-likeness (QED) is 0.641. The van der Waals surface area contributed by atoms with Crippen LogP contribution < -0.4 is 10.1 Å². The van der Waals surface area contributed by atoms with Gasteiger partial charge in [-0.2, -0.15) is 0 Å². The molecule has 1 aliphatic heterocycles. The van der Waals surface area contributed by atoms with Gasteiger partial charge in [-0.1, -0.05) is 30.3 Å². The zero-order valence-corrected chi connectivity index (χ0v) is 16.0. The Morgan fingerprint density at radius 1 is 1.28 bits per heavy atom. The maximum Gasteiger partial charge on any atom is 0.340 e. The first-order valence-corrected chi connectivity index (χ1v) is 9.45. The molecule has 0 saturated heterocycles. The van der Waals surface area contributed by atoms with Crippen molar-refractivity contribution in [2.24, 2.45) is 0 Å². The maximum absolute atomic E-state index is 14.1. The van der Waals surface area contributed by atoms with E-state index in [4.69, 9.17) is 9.47 Å². The summed E-state index contributed by atoms with van der Waals surface area (Å²) in [6.07, 6.45) is 4.02. The van der Waals surface area contributed by atoms with Crippen LogP contribution in [0.15, 0.2) is 60.9 Å². The SMILES string of the molecule is COC(=O)c1ccncc1NC[C@H]1CCOc2cc(-c3ccccc3F)ccc21. The highest BCUT2D eigenvalue weighted by atomic mass is 19.1. The molecule has 148 valence electrons. The highest BCUT2D eigenvalue weighted by Crippen LogP contribution is 2.37. The number of nitrogens with one attached hydrogen (secondary N) is 1. The van der Waals surface area contributed by atoms with Crippen LogP contribution in [0.4, 0.5) is 10.1 Å². The molecule has 0 amide bonds. The lowest BCUT2D eigenvalue weighted by Crippen LogP contribution is -2.21.